The molecule has 0 radical (unpaired) electrons. The van der Waals surface area contributed by atoms with Crippen molar-refractivity contribution >= 4 is 0 Å². The summed E-state index contributed by atoms with van der Waals surface area (Å²) in [6.45, 7) is 7.79. The van der Waals surface area contributed by atoms with E-state index in [1.165, 1.54) is 37.9 Å². The van der Waals surface area contributed by atoms with Crippen LogP contribution in [0, 0.1) is 5.92 Å². The molecule has 1 N–H and O–H groups in total. The summed E-state index contributed by atoms with van der Waals surface area (Å²) >= 11 is 0. The topological polar surface area (TPSA) is 29.9 Å². The van der Waals surface area contributed by atoms with E-state index in [-0.39, 0.29) is 0 Å². The Balaban J connectivity index is 2.03. The van der Waals surface area contributed by atoms with Gasteiger partial charge in [-0.15, -0.1) is 0 Å². The molecule has 102 valence electrons. The molecule has 0 aromatic carbocycles. The predicted molar refractivity (Wildman–Crippen MR) is 75.8 cm³/mol. The van der Waals surface area contributed by atoms with Crippen molar-refractivity contribution in [2.45, 2.75) is 58.4 Å². The van der Waals surface area contributed by atoms with Crippen LogP contribution in [0.4, 0.5) is 0 Å². The van der Waals surface area contributed by atoms with Crippen LogP contribution in [-0.2, 0) is 6.54 Å². The highest BCUT2D eigenvalue weighted by Gasteiger charge is 2.28. The molecule has 1 aliphatic rings. The molecule has 0 amide bonds. The molecule has 2 atom stereocenters. The minimum Gasteiger partial charge on any atom is -0.335 e. The highest BCUT2D eigenvalue weighted by molar-refractivity contribution is 5.04. The van der Waals surface area contributed by atoms with Gasteiger partial charge in [0, 0.05) is 24.9 Å². The first kappa shape index (κ1) is 13.6. The van der Waals surface area contributed by atoms with Crippen LogP contribution in [0.15, 0.2) is 12.4 Å². The fourth-order valence-electron chi connectivity index (χ4n) is 3.17. The SMILES string of the molecule is CCCNCC1CCCCC1c1nccn1CC. The molecule has 1 heterocycles. The molecule has 1 saturated carbocycles. The van der Waals surface area contributed by atoms with Gasteiger partial charge in [-0.05, 0) is 45.2 Å². The average Bonchev–Trinajstić information content (AvgIpc) is 2.88. The lowest BCUT2D eigenvalue weighted by molar-refractivity contribution is 0.282. The largest absolute Gasteiger partial charge is 0.335 e. The number of aromatic nitrogens is 2. The molecular formula is C15H27N3. The summed E-state index contributed by atoms with van der Waals surface area (Å²) in [6, 6.07) is 0. The maximum atomic E-state index is 4.62. The summed E-state index contributed by atoms with van der Waals surface area (Å²) in [6.07, 6.45) is 10.7. The maximum Gasteiger partial charge on any atom is 0.112 e. The first-order valence-corrected chi connectivity index (χ1v) is 7.58. The number of rotatable bonds is 6. The molecule has 2 rings (SSSR count). The van der Waals surface area contributed by atoms with Crippen LogP contribution in [0.1, 0.15) is 57.7 Å². The Hall–Kier alpha value is -0.830. The van der Waals surface area contributed by atoms with Crippen molar-refractivity contribution in [3.05, 3.63) is 18.2 Å². The van der Waals surface area contributed by atoms with Crippen LogP contribution in [0.5, 0.6) is 0 Å². The number of aryl methyl sites for hydroxylation is 1. The molecule has 0 spiro atoms. The third-order valence-electron chi connectivity index (χ3n) is 4.16. The van der Waals surface area contributed by atoms with Crippen LogP contribution in [0.2, 0.25) is 0 Å². The maximum absolute atomic E-state index is 4.62. The van der Waals surface area contributed by atoms with E-state index in [1.54, 1.807) is 0 Å². The summed E-state index contributed by atoms with van der Waals surface area (Å²) in [5, 5.41) is 3.60. The summed E-state index contributed by atoms with van der Waals surface area (Å²) in [7, 11) is 0. The van der Waals surface area contributed by atoms with Gasteiger partial charge in [-0.3, -0.25) is 0 Å². The number of nitrogens with one attached hydrogen (secondary N) is 1. The Morgan fingerprint density at radius 1 is 1.33 bits per heavy atom. The standard InChI is InChI=1S/C15H27N3/c1-3-9-16-12-13-7-5-6-8-14(13)15-17-10-11-18(15)4-2/h10-11,13-14,16H,3-9,12H2,1-2H3. The third-order valence-corrected chi connectivity index (χ3v) is 4.16. The van der Waals surface area contributed by atoms with Gasteiger partial charge in [0.25, 0.3) is 0 Å². The molecule has 1 aromatic rings. The van der Waals surface area contributed by atoms with Crippen molar-refractivity contribution in [3.8, 4) is 0 Å². The molecule has 0 bridgehead atoms. The van der Waals surface area contributed by atoms with Gasteiger partial charge in [-0.1, -0.05) is 19.8 Å². The van der Waals surface area contributed by atoms with E-state index in [2.05, 4.69) is 34.9 Å². The van der Waals surface area contributed by atoms with Crippen molar-refractivity contribution in [1.82, 2.24) is 14.9 Å². The van der Waals surface area contributed by atoms with E-state index >= 15 is 0 Å². The molecule has 18 heavy (non-hydrogen) atoms. The Kier molecular flexibility index (Phi) is 5.24. The minimum absolute atomic E-state index is 0.665. The first-order chi connectivity index (χ1) is 8.86. The average molecular weight is 249 g/mol. The van der Waals surface area contributed by atoms with Crippen molar-refractivity contribution < 1.29 is 0 Å². The van der Waals surface area contributed by atoms with Crippen LogP contribution < -0.4 is 5.32 Å². The van der Waals surface area contributed by atoms with E-state index in [1.807, 2.05) is 6.20 Å². The van der Waals surface area contributed by atoms with Crippen LogP contribution in [0.3, 0.4) is 0 Å². The van der Waals surface area contributed by atoms with Crippen LogP contribution >= 0.6 is 0 Å². The van der Waals surface area contributed by atoms with Crippen molar-refractivity contribution in [1.29, 1.82) is 0 Å². The Labute approximate surface area is 111 Å². The summed E-state index contributed by atoms with van der Waals surface area (Å²) in [4.78, 5) is 4.62. The first-order valence-electron chi connectivity index (χ1n) is 7.58. The zero-order valence-electron chi connectivity index (χ0n) is 11.9. The van der Waals surface area contributed by atoms with Crippen LogP contribution in [-0.4, -0.2) is 22.6 Å². The second-order valence-electron chi connectivity index (χ2n) is 5.43. The molecule has 1 aliphatic carbocycles. The third kappa shape index (κ3) is 3.14. The van der Waals surface area contributed by atoms with Gasteiger partial charge >= 0.3 is 0 Å². The van der Waals surface area contributed by atoms with Gasteiger partial charge in [-0.2, -0.15) is 0 Å². The van der Waals surface area contributed by atoms with Gasteiger partial charge in [0.1, 0.15) is 5.82 Å². The second-order valence-corrected chi connectivity index (χ2v) is 5.43. The Bertz CT molecular complexity index is 345. The molecule has 0 aliphatic heterocycles. The molecule has 1 aromatic heterocycles. The van der Waals surface area contributed by atoms with E-state index in [4.69, 9.17) is 0 Å². The van der Waals surface area contributed by atoms with Gasteiger partial charge in [0.05, 0.1) is 0 Å². The normalized spacial score (nSPS) is 24.3. The summed E-state index contributed by atoms with van der Waals surface area (Å²) in [5.41, 5.74) is 0. The number of nitrogens with zero attached hydrogens (tertiary/aromatic N) is 2. The lowest BCUT2D eigenvalue weighted by atomic mass is 9.78. The predicted octanol–water partition coefficient (Wildman–Crippen LogP) is 3.18. The molecule has 2 unspecified atom stereocenters. The second kappa shape index (κ2) is 6.93. The summed E-state index contributed by atoms with van der Waals surface area (Å²) in [5.74, 6) is 2.76. The zero-order chi connectivity index (χ0) is 12.8. The van der Waals surface area contributed by atoms with Gasteiger partial charge in [0.2, 0.25) is 0 Å². The van der Waals surface area contributed by atoms with Gasteiger partial charge < -0.3 is 9.88 Å². The number of hydrogen-bond donors (Lipinski definition) is 1. The molecule has 3 nitrogen and oxygen atoms in total. The lowest BCUT2D eigenvalue weighted by Crippen LogP contribution is -2.31. The van der Waals surface area contributed by atoms with Gasteiger partial charge in [0.15, 0.2) is 0 Å². The van der Waals surface area contributed by atoms with E-state index < -0.39 is 0 Å². The fourth-order valence-corrected chi connectivity index (χ4v) is 3.17. The fraction of sp³-hybridized carbons (Fsp3) is 0.800. The minimum atomic E-state index is 0.665. The number of imidazole rings is 1. The quantitative estimate of drug-likeness (QED) is 0.785. The Morgan fingerprint density at radius 2 is 2.17 bits per heavy atom. The van der Waals surface area contributed by atoms with Crippen molar-refractivity contribution in [2.24, 2.45) is 5.92 Å². The van der Waals surface area contributed by atoms with Crippen LogP contribution in [0.25, 0.3) is 0 Å². The lowest BCUT2D eigenvalue weighted by Gasteiger charge is -2.31. The van der Waals surface area contributed by atoms with Crippen molar-refractivity contribution in [3.63, 3.8) is 0 Å². The summed E-state index contributed by atoms with van der Waals surface area (Å²) < 4.78 is 2.32. The highest BCUT2D eigenvalue weighted by atomic mass is 15.1. The molecular weight excluding hydrogens is 222 g/mol. The van der Waals surface area contributed by atoms with E-state index in [0.717, 1.165) is 25.6 Å². The Morgan fingerprint density at radius 3 is 2.94 bits per heavy atom. The van der Waals surface area contributed by atoms with Gasteiger partial charge in [-0.25, -0.2) is 4.98 Å². The zero-order valence-corrected chi connectivity index (χ0v) is 11.9. The van der Waals surface area contributed by atoms with E-state index in [0.29, 0.717) is 5.92 Å². The van der Waals surface area contributed by atoms with Crippen molar-refractivity contribution in [2.75, 3.05) is 13.1 Å². The molecule has 0 saturated heterocycles. The highest BCUT2D eigenvalue weighted by Crippen LogP contribution is 2.36. The smallest absolute Gasteiger partial charge is 0.112 e. The molecule has 3 heteroatoms. The monoisotopic (exact) mass is 249 g/mol. The van der Waals surface area contributed by atoms with E-state index in [9.17, 15) is 0 Å². The number of hydrogen-bond acceptors (Lipinski definition) is 2. The molecule has 1 fully saturated rings.